The molecule has 5 heteroatoms. The van der Waals surface area contributed by atoms with E-state index in [9.17, 15) is 0 Å². The second-order valence-corrected chi connectivity index (χ2v) is 6.29. The Bertz CT molecular complexity index is 837. The predicted octanol–water partition coefficient (Wildman–Crippen LogP) is 4.12. The number of rotatable bonds is 2. The number of hydrogen-bond acceptors (Lipinski definition) is 4. The number of piperazine rings is 1. The van der Waals surface area contributed by atoms with E-state index in [1.165, 1.54) is 5.56 Å². The summed E-state index contributed by atoms with van der Waals surface area (Å²) in [6.45, 7) is 5.75. The molecule has 0 amide bonds. The molecule has 1 aromatic heterocycles. The number of halogens is 1. The van der Waals surface area contributed by atoms with Crippen LogP contribution >= 0.6 is 11.6 Å². The number of aromatic nitrogens is 1. The van der Waals surface area contributed by atoms with Crippen molar-refractivity contribution in [3.05, 3.63) is 53.1 Å². The van der Waals surface area contributed by atoms with Crippen molar-refractivity contribution in [1.82, 2.24) is 5.16 Å². The van der Waals surface area contributed by atoms with Gasteiger partial charge in [-0.15, -0.1) is 0 Å². The monoisotopic (exact) mass is 327 g/mol. The molecule has 0 saturated carbocycles. The molecule has 118 valence electrons. The molecule has 0 bridgehead atoms. The van der Waals surface area contributed by atoms with Gasteiger partial charge in [0, 0.05) is 26.2 Å². The van der Waals surface area contributed by atoms with Crippen molar-refractivity contribution in [1.29, 1.82) is 0 Å². The lowest BCUT2D eigenvalue weighted by molar-refractivity contribution is 0.453. The van der Waals surface area contributed by atoms with Gasteiger partial charge in [0.1, 0.15) is 0 Å². The van der Waals surface area contributed by atoms with Crippen LogP contribution in [0.3, 0.4) is 0 Å². The molecule has 1 saturated heterocycles. The SMILES string of the molecule is Cc1cccc2onc(N3CCN(c4ccccc4Cl)CC3)c12. The maximum absolute atomic E-state index is 6.31. The van der Waals surface area contributed by atoms with Crippen LogP contribution in [0.1, 0.15) is 5.56 Å². The minimum absolute atomic E-state index is 0.809. The summed E-state index contributed by atoms with van der Waals surface area (Å²) >= 11 is 6.31. The van der Waals surface area contributed by atoms with Gasteiger partial charge in [-0.1, -0.05) is 41.0 Å². The van der Waals surface area contributed by atoms with Crippen molar-refractivity contribution >= 4 is 34.1 Å². The third-order valence-corrected chi connectivity index (χ3v) is 4.78. The molecule has 0 radical (unpaired) electrons. The Balaban J connectivity index is 1.57. The first kappa shape index (κ1) is 14.4. The lowest BCUT2D eigenvalue weighted by atomic mass is 10.1. The molecule has 0 spiro atoms. The molecule has 1 aliphatic heterocycles. The quantitative estimate of drug-likeness (QED) is 0.709. The number of benzene rings is 2. The largest absolute Gasteiger partial charge is 0.367 e. The fourth-order valence-electron chi connectivity index (χ4n) is 3.22. The molecule has 0 N–H and O–H groups in total. The Labute approximate surface area is 140 Å². The van der Waals surface area contributed by atoms with Gasteiger partial charge in [0.2, 0.25) is 0 Å². The zero-order chi connectivity index (χ0) is 15.8. The van der Waals surface area contributed by atoms with E-state index < -0.39 is 0 Å². The van der Waals surface area contributed by atoms with Crippen LogP contribution in [0, 0.1) is 6.92 Å². The minimum atomic E-state index is 0.809. The lowest BCUT2D eigenvalue weighted by Crippen LogP contribution is -2.46. The average molecular weight is 328 g/mol. The summed E-state index contributed by atoms with van der Waals surface area (Å²) in [4.78, 5) is 4.63. The topological polar surface area (TPSA) is 32.5 Å². The van der Waals surface area contributed by atoms with E-state index >= 15 is 0 Å². The summed E-state index contributed by atoms with van der Waals surface area (Å²) in [6, 6.07) is 14.1. The van der Waals surface area contributed by atoms with Crippen LogP contribution in [0.25, 0.3) is 11.0 Å². The highest BCUT2D eigenvalue weighted by molar-refractivity contribution is 6.33. The van der Waals surface area contributed by atoms with Gasteiger partial charge >= 0.3 is 0 Å². The minimum Gasteiger partial charge on any atom is -0.367 e. The molecule has 0 unspecified atom stereocenters. The number of aryl methyl sites for hydroxylation is 1. The van der Waals surface area contributed by atoms with E-state index in [4.69, 9.17) is 16.1 Å². The molecular weight excluding hydrogens is 310 g/mol. The normalized spacial score (nSPS) is 15.4. The Morgan fingerprint density at radius 2 is 1.70 bits per heavy atom. The summed E-state index contributed by atoms with van der Waals surface area (Å²) < 4.78 is 5.49. The molecule has 1 fully saturated rings. The predicted molar refractivity (Wildman–Crippen MR) is 94.6 cm³/mol. The molecular formula is C18H18ClN3O. The van der Waals surface area contributed by atoms with Crippen LogP contribution in [0.4, 0.5) is 11.5 Å². The third-order valence-electron chi connectivity index (χ3n) is 4.46. The maximum Gasteiger partial charge on any atom is 0.180 e. The van der Waals surface area contributed by atoms with Crippen molar-refractivity contribution in [3.63, 3.8) is 0 Å². The van der Waals surface area contributed by atoms with E-state index in [0.29, 0.717) is 0 Å². The standard InChI is InChI=1S/C18H18ClN3O/c1-13-5-4-8-16-17(13)18(20-23-16)22-11-9-21(10-12-22)15-7-3-2-6-14(15)19/h2-8H,9-12H2,1H3. The van der Waals surface area contributed by atoms with Gasteiger partial charge in [-0.05, 0) is 30.7 Å². The van der Waals surface area contributed by atoms with Gasteiger partial charge < -0.3 is 14.3 Å². The molecule has 4 rings (SSSR count). The number of fused-ring (bicyclic) bond motifs is 1. The molecule has 1 aliphatic rings. The Morgan fingerprint density at radius 3 is 2.48 bits per heavy atom. The van der Waals surface area contributed by atoms with Gasteiger partial charge in [-0.2, -0.15) is 0 Å². The van der Waals surface area contributed by atoms with E-state index in [1.807, 2.05) is 30.3 Å². The zero-order valence-corrected chi connectivity index (χ0v) is 13.8. The van der Waals surface area contributed by atoms with Crippen molar-refractivity contribution in [2.24, 2.45) is 0 Å². The van der Waals surface area contributed by atoms with Crippen molar-refractivity contribution in [2.45, 2.75) is 6.92 Å². The van der Waals surface area contributed by atoms with Crippen LogP contribution in [0.5, 0.6) is 0 Å². The zero-order valence-electron chi connectivity index (χ0n) is 13.0. The number of para-hydroxylation sites is 1. The molecule has 0 aliphatic carbocycles. The van der Waals surface area contributed by atoms with Crippen LogP contribution in [0.2, 0.25) is 5.02 Å². The Hall–Kier alpha value is -2.20. The van der Waals surface area contributed by atoms with Crippen LogP contribution < -0.4 is 9.80 Å². The van der Waals surface area contributed by atoms with Gasteiger partial charge in [0.15, 0.2) is 11.4 Å². The molecule has 4 nitrogen and oxygen atoms in total. The summed E-state index contributed by atoms with van der Waals surface area (Å²) in [7, 11) is 0. The third kappa shape index (κ3) is 2.53. The van der Waals surface area contributed by atoms with E-state index in [-0.39, 0.29) is 0 Å². The smallest absolute Gasteiger partial charge is 0.180 e. The number of nitrogens with zero attached hydrogens (tertiary/aromatic N) is 3. The summed E-state index contributed by atoms with van der Waals surface area (Å²) in [6.07, 6.45) is 0. The first-order valence-corrected chi connectivity index (χ1v) is 8.21. The fraction of sp³-hybridized carbons (Fsp3) is 0.278. The van der Waals surface area contributed by atoms with Crippen LogP contribution in [0.15, 0.2) is 47.0 Å². The summed E-state index contributed by atoms with van der Waals surface area (Å²) in [5, 5.41) is 6.23. The average Bonchev–Trinajstić information content (AvgIpc) is 3.01. The second kappa shape index (κ2) is 5.78. The number of hydrogen-bond donors (Lipinski definition) is 0. The second-order valence-electron chi connectivity index (χ2n) is 5.88. The van der Waals surface area contributed by atoms with Crippen molar-refractivity contribution < 1.29 is 4.52 Å². The van der Waals surface area contributed by atoms with Crippen LogP contribution in [-0.2, 0) is 0 Å². The highest BCUT2D eigenvalue weighted by Crippen LogP contribution is 2.31. The molecule has 23 heavy (non-hydrogen) atoms. The Morgan fingerprint density at radius 1 is 0.957 bits per heavy atom. The van der Waals surface area contributed by atoms with Gasteiger partial charge in [0.05, 0.1) is 16.1 Å². The van der Waals surface area contributed by atoms with E-state index in [0.717, 1.165) is 53.7 Å². The van der Waals surface area contributed by atoms with Gasteiger partial charge in [-0.25, -0.2) is 0 Å². The fourth-order valence-corrected chi connectivity index (χ4v) is 3.48. The summed E-state index contributed by atoms with van der Waals surface area (Å²) in [5.74, 6) is 0.955. The number of anilines is 2. The molecule has 2 heterocycles. The van der Waals surface area contributed by atoms with E-state index in [2.05, 4.69) is 34.0 Å². The molecule has 3 aromatic rings. The highest BCUT2D eigenvalue weighted by Gasteiger charge is 2.23. The molecule has 2 aromatic carbocycles. The van der Waals surface area contributed by atoms with Gasteiger partial charge in [0.25, 0.3) is 0 Å². The van der Waals surface area contributed by atoms with E-state index in [1.54, 1.807) is 0 Å². The highest BCUT2D eigenvalue weighted by atomic mass is 35.5. The van der Waals surface area contributed by atoms with Gasteiger partial charge in [-0.3, -0.25) is 0 Å². The first-order chi connectivity index (χ1) is 11.2. The molecule has 0 atom stereocenters. The first-order valence-electron chi connectivity index (χ1n) is 7.83. The lowest BCUT2D eigenvalue weighted by Gasteiger charge is -2.36. The van der Waals surface area contributed by atoms with Crippen molar-refractivity contribution in [3.8, 4) is 0 Å². The van der Waals surface area contributed by atoms with Crippen LogP contribution in [-0.4, -0.2) is 31.3 Å². The maximum atomic E-state index is 6.31. The summed E-state index contributed by atoms with van der Waals surface area (Å²) in [5.41, 5.74) is 3.16. The Kier molecular flexibility index (Phi) is 3.62. The van der Waals surface area contributed by atoms with Crippen molar-refractivity contribution in [2.75, 3.05) is 36.0 Å².